The van der Waals surface area contributed by atoms with Gasteiger partial charge in [-0.3, -0.25) is 0 Å². The molecule has 77 valence electrons. The van der Waals surface area contributed by atoms with Crippen molar-refractivity contribution in [1.82, 2.24) is 0 Å². The van der Waals surface area contributed by atoms with E-state index in [0.717, 1.165) is 6.42 Å². The molecule has 0 saturated heterocycles. The summed E-state index contributed by atoms with van der Waals surface area (Å²) < 4.78 is 18.3. The van der Waals surface area contributed by atoms with Gasteiger partial charge in [-0.2, -0.15) is 0 Å². The van der Waals surface area contributed by atoms with Gasteiger partial charge in [0.25, 0.3) is 0 Å². The lowest BCUT2D eigenvalue weighted by molar-refractivity contribution is 0.305. The predicted molar refractivity (Wildman–Crippen MR) is 55.9 cm³/mol. The van der Waals surface area contributed by atoms with Gasteiger partial charge in [0.15, 0.2) is 0 Å². The summed E-state index contributed by atoms with van der Waals surface area (Å²) in [4.78, 5) is 0. The molecule has 0 aliphatic heterocycles. The highest BCUT2D eigenvalue weighted by Crippen LogP contribution is 2.16. The van der Waals surface area contributed by atoms with E-state index in [1.54, 1.807) is 12.1 Å². The number of hydrogen-bond acceptors (Lipinski definition) is 1. The number of halogens is 1. The van der Waals surface area contributed by atoms with Gasteiger partial charge in [-0.05, 0) is 37.1 Å². The zero-order chi connectivity index (χ0) is 10.4. The van der Waals surface area contributed by atoms with E-state index in [2.05, 4.69) is 13.8 Å². The van der Waals surface area contributed by atoms with Gasteiger partial charge in [-0.15, -0.1) is 0 Å². The van der Waals surface area contributed by atoms with Crippen molar-refractivity contribution in [2.45, 2.75) is 26.2 Å². The molecule has 0 fully saturated rings. The second-order valence-electron chi connectivity index (χ2n) is 3.31. The van der Waals surface area contributed by atoms with Crippen LogP contribution in [-0.2, 0) is 0 Å². The van der Waals surface area contributed by atoms with Gasteiger partial charge in [-0.25, -0.2) is 4.39 Å². The lowest BCUT2D eigenvalue weighted by Gasteiger charge is -2.06. The summed E-state index contributed by atoms with van der Waals surface area (Å²) in [6.45, 7) is 6.41. The molecule has 1 radical (unpaired) electrons. The van der Waals surface area contributed by atoms with Gasteiger partial charge in [0.05, 0.1) is 6.61 Å². The molecule has 1 aromatic carbocycles. The van der Waals surface area contributed by atoms with Crippen LogP contribution in [-0.4, -0.2) is 6.61 Å². The standard InChI is InChI=1S/C12H16FO/c1-3-4-5-8-14-11-6-7-12(13)10(2)9-11/h6-7,9H,2-5,8H2,1H3. The summed E-state index contributed by atoms with van der Waals surface area (Å²) in [5, 5.41) is 0. The first-order valence-electron chi connectivity index (χ1n) is 4.98. The second-order valence-corrected chi connectivity index (χ2v) is 3.31. The highest BCUT2D eigenvalue weighted by atomic mass is 19.1. The van der Waals surface area contributed by atoms with Crippen molar-refractivity contribution in [2.24, 2.45) is 0 Å². The van der Waals surface area contributed by atoms with Crippen molar-refractivity contribution < 1.29 is 9.13 Å². The molecular formula is C12H16FO. The Kier molecular flexibility index (Phi) is 4.44. The maximum Gasteiger partial charge on any atom is 0.126 e. The van der Waals surface area contributed by atoms with Crippen molar-refractivity contribution in [3.8, 4) is 5.75 Å². The molecule has 0 bridgehead atoms. The summed E-state index contributed by atoms with van der Waals surface area (Å²) in [6, 6.07) is 4.65. The van der Waals surface area contributed by atoms with Crippen molar-refractivity contribution >= 4 is 0 Å². The molecule has 0 unspecified atom stereocenters. The van der Waals surface area contributed by atoms with E-state index in [1.807, 2.05) is 0 Å². The van der Waals surface area contributed by atoms with E-state index >= 15 is 0 Å². The third-order valence-corrected chi connectivity index (χ3v) is 2.03. The Hall–Kier alpha value is -1.05. The van der Waals surface area contributed by atoms with Crippen molar-refractivity contribution in [3.63, 3.8) is 0 Å². The first kappa shape index (κ1) is 11.0. The average molecular weight is 195 g/mol. The van der Waals surface area contributed by atoms with Crippen LogP contribution in [0, 0.1) is 12.7 Å². The fraction of sp³-hybridized carbons (Fsp3) is 0.417. The van der Waals surface area contributed by atoms with Crippen molar-refractivity contribution in [3.05, 3.63) is 36.5 Å². The van der Waals surface area contributed by atoms with Gasteiger partial charge < -0.3 is 4.74 Å². The molecule has 0 atom stereocenters. The van der Waals surface area contributed by atoms with Crippen LogP contribution in [0.25, 0.3) is 0 Å². The van der Waals surface area contributed by atoms with Crippen molar-refractivity contribution in [2.75, 3.05) is 6.61 Å². The third kappa shape index (κ3) is 3.36. The van der Waals surface area contributed by atoms with Crippen LogP contribution in [0.1, 0.15) is 31.7 Å². The van der Waals surface area contributed by atoms with Gasteiger partial charge in [0, 0.05) is 0 Å². The largest absolute Gasteiger partial charge is 0.494 e. The van der Waals surface area contributed by atoms with Crippen LogP contribution in [0.2, 0.25) is 0 Å². The summed E-state index contributed by atoms with van der Waals surface area (Å²) >= 11 is 0. The fourth-order valence-corrected chi connectivity index (χ4v) is 1.18. The summed E-state index contributed by atoms with van der Waals surface area (Å²) in [7, 11) is 0. The van der Waals surface area contributed by atoms with E-state index in [-0.39, 0.29) is 5.82 Å². The lowest BCUT2D eigenvalue weighted by atomic mass is 10.2. The molecule has 0 amide bonds. The van der Waals surface area contributed by atoms with Crippen LogP contribution in [0.4, 0.5) is 4.39 Å². The molecule has 0 saturated carbocycles. The zero-order valence-electron chi connectivity index (χ0n) is 8.55. The van der Waals surface area contributed by atoms with Gasteiger partial charge in [0.2, 0.25) is 0 Å². The molecule has 0 aromatic heterocycles. The number of unbranched alkanes of at least 4 members (excludes halogenated alkanes) is 2. The Morgan fingerprint density at radius 2 is 2.14 bits per heavy atom. The summed E-state index contributed by atoms with van der Waals surface area (Å²) in [6.07, 6.45) is 3.38. The van der Waals surface area contributed by atoms with E-state index < -0.39 is 0 Å². The number of hydrogen-bond donors (Lipinski definition) is 0. The second kappa shape index (κ2) is 5.63. The number of ether oxygens (including phenoxy) is 1. The van der Waals surface area contributed by atoms with Crippen LogP contribution < -0.4 is 4.74 Å². The highest BCUT2D eigenvalue weighted by molar-refractivity contribution is 5.31. The third-order valence-electron chi connectivity index (χ3n) is 2.03. The normalized spacial score (nSPS) is 10.2. The predicted octanol–water partition coefficient (Wildman–Crippen LogP) is 3.58. The molecule has 0 aliphatic rings. The SMILES string of the molecule is [CH2]c1cc(OCCCCC)ccc1F. The Balaban J connectivity index is 2.39. The molecule has 2 heteroatoms. The monoisotopic (exact) mass is 195 g/mol. The topological polar surface area (TPSA) is 9.23 Å². The summed E-state index contributed by atoms with van der Waals surface area (Å²) in [5.74, 6) is 0.415. The Morgan fingerprint density at radius 1 is 1.36 bits per heavy atom. The minimum atomic E-state index is -0.286. The average Bonchev–Trinajstić information content (AvgIpc) is 2.18. The molecule has 14 heavy (non-hydrogen) atoms. The lowest BCUT2D eigenvalue weighted by Crippen LogP contribution is -1.97. The number of benzene rings is 1. The molecule has 0 aliphatic carbocycles. The number of rotatable bonds is 5. The molecule has 1 aromatic rings. The zero-order valence-corrected chi connectivity index (χ0v) is 8.55. The summed E-state index contributed by atoms with van der Waals surface area (Å²) in [5.41, 5.74) is 0.387. The smallest absolute Gasteiger partial charge is 0.126 e. The van der Waals surface area contributed by atoms with Gasteiger partial charge in [-0.1, -0.05) is 19.8 Å². The van der Waals surface area contributed by atoms with Crippen LogP contribution in [0.15, 0.2) is 18.2 Å². The fourth-order valence-electron chi connectivity index (χ4n) is 1.18. The first-order valence-corrected chi connectivity index (χ1v) is 4.98. The quantitative estimate of drug-likeness (QED) is 0.652. The van der Waals surface area contributed by atoms with Crippen LogP contribution >= 0.6 is 0 Å². The molecular weight excluding hydrogens is 179 g/mol. The maximum atomic E-state index is 12.8. The van der Waals surface area contributed by atoms with E-state index in [9.17, 15) is 4.39 Å². The molecule has 0 spiro atoms. The Labute approximate surface area is 84.9 Å². The first-order chi connectivity index (χ1) is 6.74. The Bertz CT molecular complexity index is 284. The van der Waals surface area contributed by atoms with Crippen LogP contribution in [0.5, 0.6) is 5.75 Å². The van der Waals surface area contributed by atoms with Crippen LogP contribution in [0.3, 0.4) is 0 Å². The Morgan fingerprint density at radius 3 is 2.79 bits per heavy atom. The maximum absolute atomic E-state index is 12.8. The molecule has 1 nitrogen and oxygen atoms in total. The minimum Gasteiger partial charge on any atom is -0.494 e. The van der Waals surface area contributed by atoms with Crippen molar-refractivity contribution in [1.29, 1.82) is 0 Å². The van der Waals surface area contributed by atoms with E-state index in [0.29, 0.717) is 17.9 Å². The molecule has 1 rings (SSSR count). The van der Waals surface area contributed by atoms with E-state index in [1.165, 1.54) is 18.9 Å². The van der Waals surface area contributed by atoms with Gasteiger partial charge >= 0.3 is 0 Å². The van der Waals surface area contributed by atoms with E-state index in [4.69, 9.17) is 4.74 Å². The highest BCUT2D eigenvalue weighted by Gasteiger charge is 1.99. The minimum absolute atomic E-state index is 0.286. The van der Waals surface area contributed by atoms with Gasteiger partial charge in [0.1, 0.15) is 11.6 Å². The molecule has 0 heterocycles. The molecule has 0 N–H and O–H groups in total.